The molecule has 0 aromatic carbocycles. The van der Waals surface area contributed by atoms with Crippen LogP contribution in [0.1, 0.15) is 32.6 Å². The van der Waals surface area contributed by atoms with Crippen molar-refractivity contribution in [3.05, 3.63) is 0 Å². The molecule has 0 radical (unpaired) electrons. The number of nitrogens with two attached hydrogens (primary N) is 1. The Labute approximate surface area is 116 Å². The predicted octanol–water partition coefficient (Wildman–Crippen LogP) is 0.0100. The van der Waals surface area contributed by atoms with Crippen molar-refractivity contribution in [3.8, 4) is 0 Å². The van der Waals surface area contributed by atoms with Gasteiger partial charge >= 0.3 is 0 Å². The summed E-state index contributed by atoms with van der Waals surface area (Å²) in [5.41, 5.74) is 4.89. The zero-order valence-corrected chi connectivity index (χ0v) is 12.3. The van der Waals surface area contributed by atoms with Gasteiger partial charge in [-0.15, -0.1) is 0 Å². The number of hydrogen-bond acceptors (Lipinski definition) is 4. The molecule has 0 saturated carbocycles. The fourth-order valence-corrected chi connectivity index (χ4v) is 3.17. The zero-order valence-electron chi connectivity index (χ0n) is 12.3. The number of likely N-dealkylation sites (N-methyl/N-ethyl adjacent to an activating group) is 1. The molecule has 5 nitrogen and oxygen atoms in total. The first-order valence-electron chi connectivity index (χ1n) is 7.50. The average Bonchev–Trinajstić information content (AvgIpc) is 3.05. The Kier molecular flexibility index (Phi) is 4.81. The van der Waals surface area contributed by atoms with Crippen molar-refractivity contribution >= 4 is 5.91 Å². The topological polar surface area (TPSA) is 61.6 Å². The van der Waals surface area contributed by atoms with E-state index in [9.17, 15) is 4.79 Å². The molecule has 0 bridgehead atoms. The maximum Gasteiger partial charge on any atom is 0.237 e. The molecular weight excluding hydrogens is 240 g/mol. The standard InChI is InChI=1S/C14H28N4O/c1-14(16-2,13(15)19)6-10-17-9-5-12(11-17)18-7-3-4-8-18/h12,16H,3-11H2,1-2H3,(H2,15,19). The minimum Gasteiger partial charge on any atom is -0.368 e. The Morgan fingerprint density at radius 1 is 1.37 bits per heavy atom. The van der Waals surface area contributed by atoms with Gasteiger partial charge in [-0.25, -0.2) is 0 Å². The summed E-state index contributed by atoms with van der Waals surface area (Å²) in [5, 5.41) is 3.06. The van der Waals surface area contributed by atoms with Crippen molar-refractivity contribution < 1.29 is 4.79 Å². The Morgan fingerprint density at radius 2 is 2.05 bits per heavy atom. The van der Waals surface area contributed by atoms with Crippen LogP contribution in [0.15, 0.2) is 0 Å². The van der Waals surface area contributed by atoms with Gasteiger partial charge in [0.15, 0.2) is 0 Å². The highest BCUT2D eigenvalue weighted by atomic mass is 16.1. The third-order valence-electron chi connectivity index (χ3n) is 4.93. The summed E-state index contributed by atoms with van der Waals surface area (Å²) < 4.78 is 0. The van der Waals surface area contributed by atoms with E-state index >= 15 is 0 Å². The molecule has 2 atom stereocenters. The highest BCUT2D eigenvalue weighted by molar-refractivity contribution is 5.84. The highest BCUT2D eigenvalue weighted by Gasteiger charge is 2.33. The number of likely N-dealkylation sites (tertiary alicyclic amines) is 2. The number of hydrogen-bond donors (Lipinski definition) is 2. The van der Waals surface area contributed by atoms with E-state index in [1.165, 1.54) is 32.4 Å². The summed E-state index contributed by atoms with van der Waals surface area (Å²) in [6.45, 7) is 7.69. The van der Waals surface area contributed by atoms with Gasteiger partial charge in [-0.05, 0) is 59.3 Å². The summed E-state index contributed by atoms with van der Waals surface area (Å²) in [7, 11) is 1.81. The van der Waals surface area contributed by atoms with E-state index in [1.807, 2.05) is 14.0 Å². The van der Waals surface area contributed by atoms with Crippen LogP contribution in [0.2, 0.25) is 0 Å². The molecule has 0 aliphatic carbocycles. The SMILES string of the molecule is CNC(C)(CCN1CCC(N2CCCC2)C1)C(N)=O. The predicted molar refractivity (Wildman–Crippen MR) is 76.9 cm³/mol. The molecule has 0 aromatic rings. The molecule has 2 rings (SSSR count). The molecule has 2 unspecified atom stereocenters. The Hall–Kier alpha value is -0.650. The van der Waals surface area contributed by atoms with Crippen LogP contribution in [0.25, 0.3) is 0 Å². The van der Waals surface area contributed by atoms with E-state index in [-0.39, 0.29) is 5.91 Å². The van der Waals surface area contributed by atoms with Gasteiger partial charge in [0.2, 0.25) is 5.91 Å². The molecule has 3 N–H and O–H groups in total. The van der Waals surface area contributed by atoms with E-state index < -0.39 is 5.54 Å². The van der Waals surface area contributed by atoms with Crippen LogP contribution in [0.4, 0.5) is 0 Å². The highest BCUT2D eigenvalue weighted by Crippen LogP contribution is 2.21. The first-order chi connectivity index (χ1) is 9.05. The van der Waals surface area contributed by atoms with E-state index in [0.29, 0.717) is 0 Å². The molecule has 2 heterocycles. The van der Waals surface area contributed by atoms with Gasteiger partial charge in [-0.1, -0.05) is 0 Å². The fraction of sp³-hybridized carbons (Fsp3) is 0.929. The van der Waals surface area contributed by atoms with Gasteiger partial charge in [-0.2, -0.15) is 0 Å². The first kappa shape index (κ1) is 14.8. The van der Waals surface area contributed by atoms with Crippen LogP contribution >= 0.6 is 0 Å². The van der Waals surface area contributed by atoms with E-state index in [1.54, 1.807) is 0 Å². The smallest absolute Gasteiger partial charge is 0.237 e. The number of rotatable bonds is 6. The Balaban J connectivity index is 1.77. The van der Waals surface area contributed by atoms with Crippen molar-refractivity contribution in [3.63, 3.8) is 0 Å². The van der Waals surface area contributed by atoms with Gasteiger partial charge in [0.1, 0.15) is 0 Å². The molecule has 0 spiro atoms. The molecule has 19 heavy (non-hydrogen) atoms. The summed E-state index contributed by atoms with van der Waals surface area (Å²) in [6, 6.07) is 0.733. The van der Waals surface area contributed by atoms with Crippen LogP contribution in [0.3, 0.4) is 0 Å². The van der Waals surface area contributed by atoms with Crippen LogP contribution in [0, 0.1) is 0 Å². The number of carbonyl (C=O) groups is 1. The normalized spacial score (nSPS) is 28.6. The molecule has 2 aliphatic rings. The largest absolute Gasteiger partial charge is 0.368 e. The second kappa shape index (κ2) is 6.20. The zero-order chi connectivity index (χ0) is 13.9. The molecular formula is C14H28N4O. The minimum atomic E-state index is -0.578. The third-order valence-corrected chi connectivity index (χ3v) is 4.93. The second-order valence-corrected chi connectivity index (χ2v) is 6.18. The number of nitrogens with zero attached hydrogens (tertiary/aromatic N) is 2. The molecule has 1 amide bonds. The van der Waals surface area contributed by atoms with E-state index in [4.69, 9.17) is 5.73 Å². The quantitative estimate of drug-likeness (QED) is 0.712. The van der Waals surface area contributed by atoms with Gasteiger partial charge in [0.25, 0.3) is 0 Å². The molecule has 0 aromatic heterocycles. The van der Waals surface area contributed by atoms with Crippen LogP contribution in [-0.2, 0) is 4.79 Å². The van der Waals surface area contributed by atoms with Crippen molar-refractivity contribution in [2.75, 3.05) is 39.8 Å². The lowest BCUT2D eigenvalue weighted by molar-refractivity contribution is -0.124. The molecule has 2 saturated heterocycles. The first-order valence-corrected chi connectivity index (χ1v) is 7.50. The number of nitrogens with one attached hydrogen (secondary N) is 1. The Morgan fingerprint density at radius 3 is 2.63 bits per heavy atom. The van der Waals surface area contributed by atoms with Gasteiger partial charge in [0, 0.05) is 19.1 Å². The van der Waals surface area contributed by atoms with Crippen molar-refractivity contribution in [1.29, 1.82) is 0 Å². The van der Waals surface area contributed by atoms with Gasteiger partial charge in [-0.3, -0.25) is 9.69 Å². The number of primary amides is 1. The average molecular weight is 268 g/mol. The van der Waals surface area contributed by atoms with Crippen molar-refractivity contribution in [1.82, 2.24) is 15.1 Å². The lowest BCUT2D eigenvalue weighted by atomic mass is 9.97. The molecule has 110 valence electrons. The van der Waals surface area contributed by atoms with Crippen molar-refractivity contribution in [2.45, 2.75) is 44.2 Å². The summed E-state index contributed by atoms with van der Waals surface area (Å²) >= 11 is 0. The monoisotopic (exact) mass is 268 g/mol. The summed E-state index contributed by atoms with van der Waals surface area (Å²) in [4.78, 5) is 16.6. The lowest BCUT2D eigenvalue weighted by Gasteiger charge is -2.28. The number of amides is 1. The van der Waals surface area contributed by atoms with Crippen LogP contribution in [0.5, 0.6) is 0 Å². The Bertz CT molecular complexity index is 317. The summed E-state index contributed by atoms with van der Waals surface area (Å²) in [5.74, 6) is -0.259. The molecule has 2 fully saturated rings. The maximum atomic E-state index is 11.5. The fourth-order valence-electron chi connectivity index (χ4n) is 3.17. The second-order valence-electron chi connectivity index (χ2n) is 6.18. The van der Waals surface area contributed by atoms with Crippen molar-refractivity contribution in [2.24, 2.45) is 5.73 Å². The third kappa shape index (κ3) is 3.46. The van der Waals surface area contributed by atoms with Gasteiger partial charge in [0.05, 0.1) is 5.54 Å². The number of carbonyl (C=O) groups excluding carboxylic acids is 1. The van der Waals surface area contributed by atoms with E-state index in [2.05, 4.69) is 15.1 Å². The minimum absolute atomic E-state index is 0.259. The van der Waals surface area contributed by atoms with Crippen LogP contribution < -0.4 is 11.1 Å². The van der Waals surface area contributed by atoms with Crippen LogP contribution in [-0.4, -0.2) is 67.1 Å². The molecule has 2 aliphatic heterocycles. The molecule has 5 heteroatoms. The maximum absolute atomic E-state index is 11.5. The lowest BCUT2D eigenvalue weighted by Crippen LogP contribution is -2.53. The summed E-state index contributed by atoms with van der Waals surface area (Å²) in [6.07, 6.45) is 4.77. The van der Waals surface area contributed by atoms with E-state index in [0.717, 1.165) is 32.1 Å². The van der Waals surface area contributed by atoms with Gasteiger partial charge < -0.3 is 16.0 Å².